The van der Waals surface area contributed by atoms with Crippen LogP contribution >= 0.6 is 0 Å². The Morgan fingerprint density at radius 1 is 0.808 bits per heavy atom. The number of hydrogen-bond donors (Lipinski definition) is 0. The van der Waals surface area contributed by atoms with Crippen molar-refractivity contribution >= 4 is 17.5 Å². The minimum Gasteiger partial charge on any atom is -0.366 e. The lowest BCUT2D eigenvalue weighted by atomic mass is 10.2. The molecule has 2 fully saturated rings. The smallest absolute Gasteiger partial charge is 0.227 e. The number of halogens is 1. The van der Waals surface area contributed by atoms with Gasteiger partial charge in [0.2, 0.25) is 5.95 Å². The molecule has 0 amide bonds. The van der Waals surface area contributed by atoms with Crippen molar-refractivity contribution in [1.29, 1.82) is 0 Å². The second kappa shape index (κ2) is 7.45. The third-order valence-electron chi connectivity index (χ3n) is 5.21. The van der Waals surface area contributed by atoms with Crippen molar-refractivity contribution in [3.8, 4) is 0 Å². The van der Waals surface area contributed by atoms with E-state index in [-0.39, 0.29) is 5.82 Å². The molecule has 2 aromatic rings. The Morgan fingerprint density at radius 3 is 2.19 bits per heavy atom. The largest absolute Gasteiger partial charge is 0.366 e. The van der Waals surface area contributed by atoms with E-state index < -0.39 is 0 Å². The van der Waals surface area contributed by atoms with Gasteiger partial charge in [-0.1, -0.05) is 12.1 Å². The Morgan fingerprint density at radius 2 is 1.46 bits per heavy atom. The number of likely N-dealkylation sites (N-methyl/N-ethyl adjacent to an activating group) is 1. The molecule has 0 N–H and O–H groups in total. The summed E-state index contributed by atoms with van der Waals surface area (Å²) in [7, 11) is 2.15. The zero-order valence-corrected chi connectivity index (χ0v) is 15.2. The van der Waals surface area contributed by atoms with Crippen LogP contribution in [-0.4, -0.2) is 74.3 Å². The van der Waals surface area contributed by atoms with Crippen LogP contribution in [0.25, 0.3) is 0 Å². The zero-order valence-electron chi connectivity index (χ0n) is 15.2. The van der Waals surface area contributed by atoms with E-state index in [1.165, 1.54) is 6.07 Å². The van der Waals surface area contributed by atoms with E-state index in [2.05, 4.69) is 31.6 Å². The fourth-order valence-corrected chi connectivity index (χ4v) is 3.56. The maximum atomic E-state index is 14.0. The Kier molecular flexibility index (Phi) is 4.88. The first kappa shape index (κ1) is 17.0. The number of hydrogen-bond acceptors (Lipinski definition) is 6. The van der Waals surface area contributed by atoms with Crippen LogP contribution in [0.1, 0.15) is 0 Å². The van der Waals surface area contributed by atoms with Crippen molar-refractivity contribution < 1.29 is 4.39 Å². The monoisotopic (exact) mass is 356 g/mol. The summed E-state index contributed by atoms with van der Waals surface area (Å²) in [5, 5.41) is 0. The lowest BCUT2D eigenvalue weighted by Crippen LogP contribution is -2.48. The van der Waals surface area contributed by atoms with Crippen LogP contribution in [0.15, 0.2) is 36.5 Å². The third kappa shape index (κ3) is 3.58. The van der Waals surface area contributed by atoms with Gasteiger partial charge in [0.05, 0.1) is 5.69 Å². The summed E-state index contributed by atoms with van der Waals surface area (Å²) in [6.07, 6.45) is 1.85. The van der Waals surface area contributed by atoms with Gasteiger partial charge in [-0.25, -0.2) is 9.37 Å². The van der Waals surface area contributed by atoms with Gasteiger partial charge < -0.3 is 19.6 Å². The maximum Gasteiger partial charge on any atom is 0.227 e. The molecule has 2 saturated heterocycles. The van der Waals surface area contributed by atoms with Gasteiger partial charge in [0.15, 0.2) is 0 Å². The van der Waals surface area contributed by atoms with E-state index in [4.69, 9.17) is 4.98 Å². The van der Waals surface area contributed by atoms with E-state index in [0.717, 1.165) is 64.1 Å². The molecule has 0 bridgehead atoms. The van der Waals surface area contributed by atoms with E-state index in [0.29, 0.717) is 5.69 Å². The van der Waals surface area contributed by atoms with Crippen LogP contribution in [0, 0.1) is 5.82 Å². The van der Waals surface area contributed by atoms with Gasteiger partial charge in [-0.15, -0.1) is 0 Å². The summed E-state index contributed by atoms with van der Waals surface area (Å²) in [6.45, 7) is 7.22. The van der Waals surface area contributed by atoms with Gasteiger partial charge in [0.1, 0.15) is 11.6 Å². The number of nitrogens with zero attached hydrogens (tertiary/aromatic N) is 6. The summed E-state index contributed by atoms with van der Waals surface area (Å²) >= 11 is 0. The quantitative estimate of drug-likeness (QED) is 0.833. The molecule has 26 heavy (non-hydrogen) atoms. The molecule has 1 aromatic heterocycles. The number of piperazine rings is 2. The van der Waals surface area contributed by atoms with E-state index in [1.807, 2.05) is 24.4 Å². The third-order valence-corrected chi connectivity index (χ3v) is 5.21. The number of aromatic nitrogens is 2. The van der Waals surface area contributed by atoms with Gasteiger partial charge in [0.25, 0.3) is 0 Å². The summed E-state index contributed by atoms with van der Waals surface area (Å²) in [5.74, 6) is 1.61. The summed E-state index contributed by atoms with van der Waals surface area (Å²) < 4.78 is 14.0. The van der Waals surface area contributed by atoms with Gasteiger partial charge in [-0.2, -0.15) is 4.98 Å². The molecule has 6 nitrogen and oxygen atoms in total. The predicted molar refractivity (Wildman–Crippen MR) is 103 cm³/mol. The molecular formula is C19H25FN6. The van der Waals surface area contributed by atoms with Gasteiger partial charge >= 0.3 is 0 Å². The van der Waals surface area contributed by atoms with Gasteiger partial charge in [-0.3, -0.25) is 0 Å². The first-order valence-electron chi connectivity index (χ1n) is 9.22. The summed E-state index contributed by atoms with van der Waals surface area (Å²) in [5.41, 5.74) is 0.680. The number of para-hydroxylation sites is 1. The van der Waals surface area contributed by atoms with E-state index in [1.54, 1.807) is 6.07 Å². The first-order chi connectivity index (χ1) is 12.7. The standard InChI is InChI=1S/C19H25FN6/c1-23-8-10-25(11-9-23)18-6-7-21-19(22-18)26-14-12-24(13-15-26)17-5-3-2-4-16(17)20/h2-7H,8-15H2,1H3. The molecule has 7 heteroatoms. The molecule has 3 heterocycles. The van der Waals surface area contributed by atoms with Crippen molar-refractivity contribution in [2.24, 2.45) is 0 Å². The van der Waals surface area contributed by atoms with E-state index in [9.17, 15) is 4.39 Å². The predicted octanol–water partition coefficient (Wildman–Crippen LogP) is 1.69. The molecule has 138 valence electrons. The molecule has 4 rings (SSSR count). The molecule has 2 aliphatic rings. The lowest BCUT2D eigenvalue weighted by molar-refractivity contribution is 0.312. The zero-order chi connectivity index (χ0) is 17.9. The molecule has 1 aromatic carbocycles. The minimum atomic E-state index is -0.158. The SMILES string of the molecule is CN1CCN(c2ccnc(N3CCN(c4ccccc4F)CC3)n2)CC1. The highest BCUT2D eigenvalue weighted by atomic mass is 19.1. The summed E-state index contributed by atoms with van der Waals surface area (Å²) in [6, 6.07) is 8.96. The topological polar surface area (TPSA) is 38.7 Å². The van der Waals surface area contributed by atoms with Gasteiger partial charge in [0, 0.05) is 58.6 Å². The molecule has 0 radical (unpaired) electrons. The molecule has 0 unspecified atom stereocenters. The van der Waals surface area contributed by atoms with Crippen molar-refractivity contribution in [3.63, 3.8) is 0 Å². The normalized spacial score (nSPS) is 19.1. The number of benzene rings is 1. The fourth-order valence-electron chi connectivity index (χ4n) is 3.56. The van der Waals surface area contributed by atoms with Crippen molar-refractivity contribution in [3.05, 3.63) is 42.3 Å². The van der Waals surface area contributed by atoms with Crippen molar-refractivity contribution in [2.45, 2.75) is 0 Å². The number of anilines is 3. The molecule has 2 aliphatic heterocycles. The molecular weight excluding hydrogens is 331 g/mol. The Labute approximate surface area is 153 Å². The second-order valence-corrected chi connectivity index (χ2v) is 6.93. The number of rotatable bonds is 3. The van der Waals surface area contributed by atoms with Crippen LogP contribution in [-0.2, 0) is 0 Å². The van der Waals surface area contributed by atoms with Crippen LogP contribution in [0.3, 0.4) is 0 Å². The summed E-state index contributed by atoms with van der Waals surface area (Å²) in [4.78, 5) is 18.2. The molecule has 0 aliphatic carbocycles. The molecule has 0 saturated carbocycles. The van der Waals surface area contributed by atoms with Crippen LogP contribution < -0.4 is 14.7 Å². The average molecular weight is 356 g/mol. The molecule has 0 spiro atoms. The second-order valence-electron chi connectivity index (χ2n) is 6.93. The maximum absolute atomic E-state index is 14.0. The minimum absolute atomic E-state index is 0.158. The van der Waals surface area contributed by atoms with Crippen molar-refractivity contribution in [1.82, 2.24) is 14.9 Å². The van der Waals surface area contributed by atoms with Crippen molar-refractivity contribution in [2.75, 3.05) is 74.1 Å². The highest BCUT2D eigenvalue weighted by Gasteiger charge is 2.22. The van der Waals surface area contributed by atoms with E-state index >= 15 is 0 Å². The van der Waals surface area contributed by atoms with Crippen LogP contribution in [0.5, 0.6) is 0 Å². The average Bonchev–Trinajstić information content (AvgIpc) is 2.69. The fraction of sp³-hybridized carbons (Fsp3) is 0.474. The van der Waals surface area contributed by atoms with Crippen LogP contribution in [0.2, 0.25) is 0 Å². The lowest BCUT2D eigenvalue weighted by Gasteiger charge is -2.37. The molecule has 0 atom stereocenters. The highest BCUT2D eigenvalue weighted by molar-refractivity contribution is 5.50. The highest BCUT2D eigenvalue weighted by Crippen LogP contribution is 2.22. The van der Waals surface area contributed by atoms with Crippen LogP contribution in [0.4, 0.5) is 21.8 Å². The Balaban J connectivity index is 1.42. The van der Waals surface area contributed by atoms with Gasteiger partial charge in [-0.05, 0) is 25.2 Å². The Hall–Kier alpha value is -2.41. The first-order valence-corrected chi connectivity index (χ1v) is 9.22. The Bertz CT molecular complexity index is 738.